The molecule has 3 N–H and O–H groups in total. The molecule has 4 nitrogen and oxygen atoms in total. The van der Waals surface area contributed by atoms with E-state index in [9.17, 15) is 0 Å². The highest BCUT2D eigenvalue weighted by atomic mass is 32.1. The SMILES string of the molecule is Cc1nc(C)c(C(NN)c2ccc3ncccc3c2)s1. The lowest BCUT2D eigenvalue weighted by Crippen LogP contribution is -2.28. The smallest absolute Gasteiger partial charge is 0.0900 e. The van der Waals surface area contributed by atoms with Gasteiger partial charge in [-0.05, 0) is 37.6 Å². The molecule has 3 rings (SSSR count). The first-order chi connectivity index (χ1) is 9.69. The summed E-state index contributed by atoms with van der Waals surface area (Å²) in [7, 11) is 0. The number of benzene rings is 1. The van der Waals surface area contributed by atoms with Gasteiger partial charge in [0.2, 0.25) is 0 Å². The van der Waals surface area contributed by atoms with Crippen LogP contribution in [0.4, 0.5) is 0 Å². The Morgan fingerprint density at radius 3 is 2.80 bits per heavy atom. The minimum atomic E-state index is -0.0363. The normalized spacial score (nSPS) is 12.8. The van der Waals surface area contributed by atoms with Crippen molar-refractivity contribution in [3.8, 4) is 0 Å². The fourth-order valence-electron chi connectivity index (χ4n) is 2.41. The monoisotopic (exact) mass is 284 g/mol. The van der Waals surface area contributed by atoms with Gasteiger partial charge in [0.1, 0.15) is 0 Å². The molecule has 0 aliphatic rings. The molecular formula is C15H16N4S. The van der Waals surface area contributed by atoms with E-state index in [2.05, 4.69) is 33.6 Å². The summed E-state index contributed by atoms with van der Waals surface area (Å²) in [5, 5.41) is 2.17. The van der Waals surface area contributed by atoms with Crippen LogP contribution in [0.1, 0.15) is 27.2 Å². The fourth-order valence-corrected chi connectivity index (χ4v) is 3.43. The molecule has 0 aliphatic heterocycles. The van der Waals surface area contributed by atoms with Crippen molar-refractivity contribution in [3.63, 3.8) is 0 Å². The maximum atomic E-state index is 5.77. The molecule has 0 spiro atoms. The van der Waals surface area contributed by atoms with Gasteiger partial charge < -0.3 is 0 Å². The zero-order valence-corrected chi connectivity index (χ0v) is 12.2. The summed E-state index contributed by atoms with van der Waals surface area (Å²) in [6, 6.07) is 10.2. The fraction of sp³-hybridized carbons (Fsp3) is 0.200. The zero-order valence-electron chi connectivity index (χ0n) is 11.4. The third kappa shape index (κ3) is 2.31. The first-order valence-corrected chi connectivity index (χ1v) is 7.25. The summed E-state index contributed by atoms with van der Waals surface area (Å²) in [5.41, 5.74) is 6.05. The van der Waals surface area contributed by atoms with Gasteiger partial charge in [-0.2, -0.15) is 0 Å². The summed E-state index contributed by atoms with van der Waals surface area (Å²) >= 11 is 1.68. The molecule has 3 aromatic rings. The van der Waals surface area contributed by atoms with Crippen molar-refractivity contribution < 1.29 is 0 Å². The van der Waals surface area contributed by atoms with Crippen molar-refractivity contribution in [2.45, 2.75) is 19.9 Å². The number of aryl methyl sites for hydroxylation is 2. The minimum Gasteiger partial charge on any atom is -0.271 e. The third-order valence-electron chi connectivity index (χ3n) is 3.33. The van der Waals surface area contributed by atoms with Crippen LogP contribution < -0.4 is 11.3 Å². The van der Waals surface area contributed by atoms with Crippen LogP contribution in [0.2, 0.25) is 0 Å². The van der Waals surface area contributed by atoms with Crippen LogP contribution in [0.25, 0.3) is 10.9 Å². The van der Waals surface area contributed by atoms with Crippen LogP contribution in [0.3, 0.4) is 0 Å². The van der Waals surface area contributed by atoms with Gasteiger partial charge in [0.25, 0.3) is 0 Å². The zero-order chi connectivity index (χ0) is 14.1. The summed E-state index contributed by atoms with van der Waals surface area (Å²) < 4.78 is 0. The second-order valence-electron chi connectivity index (χ2n) is 4.74. The highest BCUT2D eigenvalue weighted by Crippen LogP contribution is 2.30. The predicted molar refractivity (Wildman–Crippen MR) is 82.5 cm³/mol. The highest BCUT2D eigenvalue weighted by Gasteiger charge is 2.18. The maximum Gasteiger partial charge on any atom is 0.0900 e. The number of thiazole rings is 1. The van der Waals surface area contributed by atoms with Crippen molar-refractivity contribution >= 4 is 22.2 Å². The average molecular weight is 284 g/mol. The average Bonchev–Trinajstić information content (AvgIpc) is 2.78. The number of rotatable bonds is 3. The first kappa shape index (κ1) is 13.2. The second-order valence-corrected chi connectivity index (χ2v) is 5.97. The molecule has 0 aliphatic carbocycles. The number of pyridine rings is 1. The molecule has 1 aromatic carbocycles. The molecule has 2 aromatic heterocycles. The Bertz CT molecular complexity index is 750. The second kappa shape index (κ2) is 5.28. The largest absolute Gasteiger partial charge is 0.271 e. The van der Waals surface area contributed by atoms with Crippen molar-refractivity contribution in [2.75, 3.05) is 0 Å². The van der Waals surface area contributed by atoms with Gasteiger partial charge in [-0.25, -0.2) is 10.4 Å². The summed E-state index contributed by atoms with van der Waals surface area (Å²) in [4.78, 5) is 9.98. The Kier molecular flexibility index (Phi) is 3.48. The van der Waals surface area contributed by atoms with Crippen molar-refractivity contribution in [1.29, 1.82) is 0 Å². The molecule has 1 unspecified atom stereocenters. The Morgan fingerprint density at radius 1 is 1.25 bits per heavy atom. The standard InChI is InChI=1S/C15H16N4S/c1-9-15(20-10(2)18-9)14(19-16)12-5-6-13-11(8-12)4-3-7-17-13/h3-8,14,19H,16H2,1-2H3. The molecule has 0 saturated heterocycles. The molecule has 102 valence electrons. The summed E-state index contributed by atoms with van der Waals surface area (Å²) in [5.74, 6) is 5.77. The number of aromatic nitrogens is 2. The molecule has 0 saturated carbocycles. The van der Waals surface area contributed by atoms with Crippen LogP contribution in [0.15, 0.2) is 36.5 Å². The van der Waals surface area contributed by atoms with E-state index in [1.54, 1.807) is 17.5 Å². The van der Waals surface area contributed by atoms with Crippen LogP contribution in [-0.4, -0.2) is 9.97 Å². The lowest BCUT2D eigenvalue weighted by atomic mass is 10.0. The topological polar surface area (TPSA) is 63.8 Å². The highest BCUT2D eigenvalue weighted by molar-refractivity contribution is 7.11. The van der Waals surface area contributed by atoms with E-state index in [0.29, 0.717) is 0 Å². The Morgan fingerprint density at radius 2 is 2.10 bits per heavy atom. The minimum absolute atomic E-state index is 0.0363. The van der Waals surface area contributed by atoms with Gasteiger partial charge in [0.15, 0.2) is 0 Å². The molecule has 0 amide bonds. The van der Waals surface area contributed by atoms with E-state index in [0.717, 1.165) is 32.0 Å². The van der Waals surface area contributed by atoms with E-state index in [1.165, 1.54) is 0 Å². The molecule has 0 bridgehead atoms. The molecule has 2 heterocycles. The van der Waals surface area contributed by atoms with Crippen LogP contribution in [0.5, 0.6) is 0 Å². The number of hydrazine groups is 1. The summed E-state index contributed by atoms with van der Waals surface area (Å²) in [6.07, 6.45) is 1.80. The van der Waals surface area contributed by atoms with E-state index in [-0.39, 0.29) is 6.04 Å². The third-order valence-corrected chi connectivity index (χ3v) is 4.47. The van der Waals surface area contributed by atoms with E-state index in [4.69, 9.17) is 5.84 Å². The number of hydrogen-bond acceptors (Lipinski definition) is 5. The van der Waals surface area contributed by atoms with E-state index < -0.39 is 0 Å². The molecular weight excluding hydrogens is 268 g/mol. The van der Waals surface area contributed by atoms with Crippen molar-refractivity contribution in [2.24, 2.45) is 5.84 Å². The van der Waals surface area contributed by atoms with Crippen molar-refractivity contribution in [3.05, 3.63) is 57.7 Å². The summed E-state index contributed by atoms with van der Waals surface area (Å²) in [6.45, 7) is 4.03. The van der Waals surface area contributed by atoms with E-state index in [1.807, 2.05) is 26.0 Å². The molecule has 20 heavy (non-hydrogen) atoms. The number of nitrogens with two attached hydrogens (primary N) is 1. The Labute approximate surface area is 121 Å². The number of fused-ring (bicyclic) bond motifs is 1. The lowest BCUT2D eigenvalue weighted by Gasteiger charge is -2.16. The molecule has 0 radical (unpaired) electrons. The number of hydrogen-bond donors (Lipinski definition) is 2. The Balaban J connectivity index is 2.09. The van der Waals surface area contributed by atoms with Crippen LogP contribution in [-0.2, 0) is 0 Å². The molecule has 0 fully saturated rings. The van der Waals surface area contributed by atoms with Gasteiger partial charge in [0, 0.05) is 11.6 Å². The van der Waals surface area contributed by atoms with Gasteiger partial charge in [0.05, 0.1) is 27.1 Å². The lowest BCUT2D eigenvalue weighted by molar-refractivity contribution is 0.642. The van der Waals surface area contributed by atoms with E-state index >= 15 is 0 Å². The molecule has 1 atom stereocenters. The van der Waals surface area contributed by atoms with Crippen LogP contribution in [0, 0.1) is 13.8 Å². The van der Waals surface area contributed by atoms with Gasteiger partial charge in [-0.1, -0.05) is 12.1 Å². The van der Waals surface area contributed by atoms with Gasteiger partial charge in [-0.15, -0.1) is 11.3 Å². The Hall–Kier alpha value is -1.82. The predicted octanol–water partition coefficient (Wildman–Crippen LogP) is 2.86. The van der Waals surface area contributed by atoms with Crippen molar-refractivity contribution in [1.82, 2.24) is 15.4 Å². The number of nitrogens with zero attached hydrogens (tertiary/aromatic N) is 2. The number of nitrogens with one attached hydrogen (secondary N) is 1. The van der Waals surface area contributed by atoms with Crippen LogP contribution >= 0.6 is 11.3 Å². The molecule has 5 heteroatoms. The maximum absolute atomic E-state index is 5.77. The van der Waals surface area contributed by atoms with Gasteiger partial charge in [-0.3, -0.25) is 10.8 Å². The van der Waals surface area contributed by atoms with Gasteiger partial charge >= 0.3 is 0 Å². The quantitative estimate of drug-likeness (QED) is 0.573. The first-order valence-electron chi connectivity index (χ1n) is 6.44.